The van der Waals surface area contributed by atoms with Crippen LogP contribution in [-0.2, 0) is 19.1 Å². The molecule has 0 amide bonds. The molecule has 1 aromatic carbocycles. The Labute approximate surface area is 207 Å². The molecule has 1 atom stereocenters. The van der Waals surface area contributed by atoms with Crippen LogP contribution in [-0.4, -0.2) is 30.1 Å². The molecule has 1 unspecified atom stereocenters. The van der Waals surface area contributed by atoms with Crippen LogP contribution < -0.4 is 5.32 Å². The fraction of sp³-hybridized carbons (Fsp3) is 0.556. The molecule has 0 aromatic heterocycles. The number of nitrogens with one attached hydrogen (secondary N) is 1. The third kappa shape index (κ3) is 7.67. The van der Waals surface area contributed by atoms with E-state index in [0.717, 1.165) is 19.3 Å². The minimum Gasteiger partial charge on any atom is -0.463 e. The summed E-state index contributed by atoms with van der Waals surface area (Å²) < 4.78 is 10.8. The Hall–Kier alpha value is -3.16. The number of para-hydroxylation sites is 1. The van der Waals surface area contributed by atoms with Crippen molar-refractivity contribution in [3.63, 3.8) is 0 Å². The molecule has 0 aliphatic carbocycles. The van der Waals surface area contributed by atoms with Crippen LogP contribution in [0.5, 0.6) is 0 Å². The van der Waals surface area contributed by atoms with Crippen LogP contribution in [0.1, 0.15) is 90.5 Å². The molecule has 1 N–H and O–H groups in total. The van der Waals surface area contributed by atoms with Crippen molar-refractivity contribution in [2.75, 3.05) is 13.2 Å². The van der Waals surface area contributed by atoms with Gasteiger partial charge in [0, 0.05) is 23.0 Å². The van der Waals surface area contributed by atoms with E-state index in [-0.39, 0.29) is 35.6 Å². The number of allylic oxidation sites excluding steroid dienone is 2. The number of carbonyl (C=O) groups is 2. The van der Waals surface area contributed by atoms with Crippen molar-refractivity contribution in [3.8, 4) is 0 Å². The lowest BCUT2D eigenvalue weighted by atomic mass is 9.79. The summed E-state index contributed by atoms with van der Waals surface area (Å²) in [6.07, 6.45) is 8.96. The molecule has 1 aromatic rings. The molecule has 2 rings (SSSR count). The second-order valence-electron chi connectivity index (χ2n) is 8.78. The van der Waals surface area contributed by atoms with Gasteiger partial charge in [0.15, 0.2) is 0 Å². The standard InChI is InChI=1S/C27H38N2O6/c1-5-7-8-9-10-11-12-15-18-35-27(31)24-20(4)28-19(3)23(26(30)34-6-2)25(24)21-16-13-14-17-22(21)29(32)33/h13-14,16-17,25,28H,5-12,15,18H2,1-4H3. The van der Waals surface area contributed by atoms with E-state index in [4.69, 9.17) is 9.47 Å². The van der Waals surface area contributed by atoms with Crippen molar-refractivity contribution in [2.24, 2.45) is 0 Å². The molecule has 0 spiro atoms. The minimum absolute atomic E-state index is 0.139. The first kappa shape index (κ1) is 28.1. The highest BCUT2D eigenvalue weighted by Crippen LogP contribution is 2.42. The van der Waals surface area contributed by atoms with Crippen LogP contribution in [0.15, 0.2) is 46.8 Å². The maximum Gasteiger partial charge on any atom is 0.336 e. The SMILES string of the molecule is CCCCCCCCCCOC(=O)C1=C(C)NC(C)=C(C(=O)OCC)C1c1ccccc1[N+](=O)[O-]. The van der Waals surface area contributed by atoms with Gasteiger partial charge in [-0.05, 0) is 27.2 Å². The number of carbonyl (C=O) groups excluding carboxylic acids is 2. The van der Waals surface area contributed by atoms with Crippen molar-refractivity contribution < 1.29 is 24.0 Å². The fourth-order valence-electron chi connectivity index (χ4n) is 4.43. The second kappa shape index (κ2) is 14.3. The lowest BCUT2D eigenvalue weighted by Crippen LogP contribution is -2.33. The van der Waals surface area contributed by atoms with E-state index in [1.54, 1.807) is 39.0 Å². The van der Waals surface area contributed by atoms with Crippen molar-refractivity contribution in [1.82, 2.24) is 5.32 Å². The van der Waals surface area contributed by atoms with Gasteiger partial charge in [-0.1, -0.05) is 70.1 Å². The number of nitro benzene ring substituents is 1. The lowest BCUT2D eigenvalue weighted by Gasteiger charge is -2.30. The Kier molecular flexibility index (Phi) is 11.5. The lowest BCUT2D eigenvalue weighted by molar-refractivity contribution is -0.385. The predicted octanol–water partition coefficient (Wildman–Crippen LogP) is 6.08. The van der Waals surface area contributed by atoms with Gasteiger partial charge in [-0.25, -0.2) is 9.59 Å². The van der Waals surface area contributed by atoms with E-state index >= 15 is 0 Å². The highest BCUT2D eigenvalue weighted by Gasteiger charge is 2.40. The first-order valence-electron chi connectivity index (χ1n) is 12.6. The van der Waals surface area contributed by atoms with E-state index in [9.17, 15) is 19.7 Å². The predicted molar refractivity (Wildman–Crippen MR) is 135 cm³/mol. The zero-order valence-corrected chi connectivity index (χ0v) is 21.4. The number of ether oxygens (including phenoxy) is 2. The molecule has 0 bridgehead atoms. The number of rotatable bonds is 14. The third-order valence-electron chi connectivity index (χ3n) is 6.15. The molecule has 0 radical (unpaired) electrons. The fourth-order valence-corrected chi connectivity index (χ4v) is 4.43. The largest absolute Gasteiger partial charge is 0.463 e. The first-order valence-corrected chi connectivity index (χ1v) is 12.6. The van der Waals surface area contributed by atoms with Gasteiger partial charge in [-0.3, -0.25) is 10.1 Å². The van der Waals surface area contributed by atoms with Gasteiger partial charge >= 0.3 is 11.9 Å². The number of benzene rings is 1. The van der Waals surface area contributed by atoms with Crippen molar-refractivity contribution >= 4 is 17.6 Å². The molecule has 1 aliphatic heterocycles. The van der Waals surface area contributed by atoms with Crippen molar-refractivity contribution in [3.05, 3.63) is 62.5 Å². The number of esters is 2. The van der Waals surface area contributed by atoms with Crippen LogP contribution in [0, 0.1) is 10.1 Å². The maximum atomic E-state index is 13.2. The molecule has 0 saturated heterocycles. The summed E-state index contributed by atoms with van der Waals surface area (Å²) in [4.78, 5) is 37.4. The van der Waals surface area contributed by atoms with Crippen LogP contribution in [0.25, 0.3) is 0 Å². The van der Waals surface area contributed by atoms with Gasteiger partial charge in [-0.15, -0.1) is 0 Å². The van der Waals surface area contributed by atoms with Crippen LogP contribution in [0.4, 0.5) is 5.69 Å². The number of hydrogen-bond acceptors (Lipinski definition) is 7. The summed E-state index contributed by atoms with van der Waals surface area (Å²) in [7, 11) is 0. The number of nitrogens with zero attached hydrogens (tertiary/aromatic N) is 1. The molecule has 35 heavy (non-hydrogen) atoms. The topological polar surface area (TPSA) is 108 Å². The van der Waals surface area contributed by atoms with E-state index in [0.29, 0.717) is 11.4 Å². The Morgan fingerprint density at radius 1 is 0.886 bits per heavy atom. The summed E-state index contributed by atoms with van der Waals surface area (Å²) in [5.74, 6) is -2.18. The van der Waals surface area contributed by atoms with Gasteiger partial charge in [0.2, 0.25) is 0 Å². The molecule has 0 fully saturated rings. The monoisotopic (exact) mass is 486 g/mol. The Bertz CT molecular complexity index is 966. The molecule has 8 nitrogen and oxygen atoms in total. The first-order chi connectivity index (χ1) is 16.8. The Morgan fingerprint density at radius 2 is 1.43 bits per heavy atom. The van der Waals surface area contributed by atoms with Crippen molar-refractivity contribution in [1.29, 1.82) is 0 Å². The van der Waals surface area contributed by atoms with Gasteiger partial charge in [0.1, 0.15) is 0 Å². The summed E-state index contributed by atoms with van der Waals surface area (Å²) >= 11 is 0. The highest BCUT2D eigenvalue weighted by molar-refractivity contribution is 6.00. The molecular formula is C27H38N2O6. The Balaban J connectivity index is 2.23. The van der Waals surface area contributed by atoms with Gasteiger partial charge in [0.25, 0.3) is 5.69 Å². The molecule has 1 heterocycles. The van der Waals surface area contributed by atoms with Crippen LogP contribution in [0.2, 0.25) is 0 Å². The van der Waals surface area contributed by atoms with Gasteiger partial charge < -0.3 is 14.8 Å². The molecule has 1 aliphatic rings. The van der Waals surface area contributed by atoms with E-state index in [2.05, 4.69) is 12.2 Å². The quantitative estimate of drug-likeness (QED) is 0.147. The molecule has 8 heteroatoms. The maximum absolute atomic E-state index is 13.2. The number of unbranched alkanes of at least 4 members (excludes halogenated alkanes) is 7. The van der Waals surface area contributed by atoms with Gasteiger partial charge in [0.05, 0.1) is 35.2 Å². The van der Waals surface area contributed by atoms with E-state index in [1.807, 2.05) is 0 Å². The normalized spacial score (nSPS) is 15.6. The zero-order valence-electron chi connectivity index (χ0n) is 21.4. The minimum atomic E-state index is -0.969. The second-order valence-corrected chi connectivity index (χ2v) is 8.78. The van der Waals surface area contributed by atoms with Crippen LogP contribution in [0.3, 0.4) is 0 Å². The highest BCUT2D eigenvalue weighted by atomic mass is 16.6. The van der Waals surface area contributed by atoms with E-state index < -0.39 is 22.8 Å². The Morgan fingerprint density at radius 3 is 2.00 bits per heavy atom. The van der Waals surface area contributed by atoms with Crippen molar-refractivity contribution in [2.45, 2.75) is 85.0 Å². The average molecular weight is 487 g/mol. The summed E-state index contributed by atoms with van der Waals surface area (Å²) in [6, 6.07) is 6.15. The third-order valence-corrected chi connectivity index (χ3v) is 6.15. The summed E-state index contributed by atoms with van der Waals surface area (Å²) in [5, 5.41) is 14.9. The molecular weight excluding hydrogens is 448 g/mol. The van der Waals surface area contributed by atoms with E-state index in [1.165, 1.54) is 38.2 Å². The number of hydrogen-bond donors (Lipinski definition) is 1. The van der Waals surface area contributed by atoms with Crippen LogP contribution >= 0.6 is 0 Å². The smallest absolute Gasteiger partial charge is 0.336 e. The zero-order chi connectivity index (χ0) is 25.8. The summed E-state index contributed by atoms with van der Waals surface area (Å²) in [6.45, 7) is 7.68. The molecule has 0 saturated carbocycles. The number of dihydropyridines is 1. The van der Waals surface area contributed by atoms with Gasteiger partial charge in [-0.2, -0.15) is 0 Å². The molecule has 192 valence electrons. The summed E-state index contributed by atoms with van der Waals surface area (Å²) in [5.41, 5.74) is 1.43. The average Bonchev–Trinajstić information content (AvgIpc) is 2.82. The number of nitro groups is 1.